The van der Waals surface area contributed by atoms with Gasteiger partial charge in [0.15, 0.2) is 0 Å². The van der Waals surface area contributed by atoms with Gasteiger partial charge in [0.2, 0.25) is 0 Å². The lowest BCUT2D eigenvalue weighted by Crippen LogP contribution is -2.65. The van der Waals surface area contributed by atoms with Crippen LogP contribution in [0.15, 0.2) is 64.7 Å². The molecular formula is C35H39N9O5. The molecule has 2 fully saturated rings. The Hall–Kier alpha value is -4.89. The van der Waals surface area contributed by atoms with Crippen molar-refractivity contribution in [3.05, 3.63) is 92.6 Å². The second-order valence-corrected chi connectivity index (χ2v) is 14.2. The Morgan fingerprint density at radius 3 is 2.61 bits per heavy atom. The number of fused-ring (bicyclic) bond motifs is 3. The molecule has 1 atom stereocenters. The molecule has 14 nitrogen and oxygen atoms in total. The number of nitrogens with zero attached hydrogens (tertiary/aromatic N) is 7. The van der Waals surface area contributed by atoms with Gasteiger partial charge in [0.1, 0.15) is 28.6 Å². The van der Waals surface area contributed by atoms with Crippen molar-refractivity contribution in [2.75, 3.05) is 43.1 Å². The van der Waals surface area contributed by atoms with Crippen LogP contribution in [0, 0.1) is 5.41 Å². The van der Waals surface area contributed by atoms with Crippen molar-refractivity contribution in [3.63, 3.8) is 0 Å². The molecule has 0 unspecified atom stereocenters. The van der Waals surface area contributed by atoms with E-state index in [1.807, 2.05) is 27.6 Å². The molecule has 2 saturated heterocycles. The predicted molar refractivity (Wildman–Crippen MR) is 183 cm³/mol. The molecule has 3 aliphatic rings. The molecule has 49 heavy (non-hydrogen) atoms. The van der Waals surface area contributed by atoms with Crippen molar-refractivity contribution in [1.29, 1.82) is 0 Å². The normalized spacial score (nSPS) is 20.8. The number of β-amino-alcohol motifs (C(OH)–C–C–N with tert-alkyl or cyclic N) is 1. The number of ether oxygens (including phenoxy) is 1. The third-order valence-electron chi connectivity index (χ3n) is 10.0. The molecule has 4 N–H and O–H groups in total. The highest BCUT2D eigenvalue weighted by Crippen LogP contribution is 2.37. The Morgan fingerprint density at radius 2 is 1.90 bits per heavy atom. The highest BCUT2D eigenvalue weighted by atomic mass is 16.5. The summed E-state index contributed by atoms with van der Waals surface area (Å²) in [6.45, 7) is 9.17. The van der Waals surface area contributed by atoms with Gasteiger partial charge in [0.05, 0.1) is 43.4 Å². The number of aromatic nitrogens is 6. The summed E-state index contributed by atoms with van der Waals surface area (Å²) in [7, 11) is 0. The van der Waals surface area contributed by atoms with Gasteiger partial charge in [0.25, 0.3) is 11.1 Å². The number of H-pyrrole nitrogens is 1. The maximum absolute atomic E-state index is 13.7. The van der Waals surface area contributed by atoms with E-state index in [2.05, 4.69) is 44.2 Å². The number of rotatable bonds is 7. The molecule has 0 bridgehead atoms. The van der Waals surface area contributed by atoms with Crippen LogP contribution in [0.4, 0.5) is 17.2 Å². The van der Waals surface area contributed by atoms with Gasteiger partial charge in [0, 0.05) is 55.0 Å². The molecule has 0 spiro atoms. The Morgan fingerprint density at radius 1 is 1.06 bits per heavy atom. The van der Waals surface area contributed by atoms with Gasteiger partial charge in [-0.15, -0.1) is 0 Å². The van der Waals surface area contributed by atoms with Crippen molar-refractivity contribution in [2.24, 2.45) is 5.41 Å². The van der Waals surface area contributed by atoms with E-state index in [1.54, 1.807) is 43.7 Å². The van der Waals surface area contributed by atoms with Crippen molar-refractivity contribution in [1.82, 2.24) is 34.0 Å². The van der Waals surface area contributed by atoms with Gasteiger partial charge < -0.3 is 29.6 Å². The van der Waals surface area contributed by atoms with Crippen LogP contribution in [0.2, 0.25) is 0 Å². The Bertz CT molecular complexity index is 2180. The van der Waals surface area contributed by atoms with Crippen LogP contribution in [-0.4, -0.2) is 88.9 Å². The summed E-state index contributed by atoms with van der Waals surface area (Å²) < 4.78 is 8.73. The lowest BCUT2D eigenvalue weighted by atomic mass is 9.90. The maximum atomic E-state index is 13.7. The van der Waals surface area contributed by atoms with Gasteiger partial charge in [-0.05, 0) is 61.1 Å². The SMILES string of the molecule is CC1(C)Cc2cc3c(=O)n(-c4nccc(-c5cc(Nc6ccc(N7CCN(C8COC8)C[C@]7(C)O)cn6)c(=O)[nH]n5)c4CO)ccn3c2C1. The zero-order valence-electron chi connectivity index (χ0n) is 27.7. The van der Waals surface area contributed by atoms with Gasteiger partial charge in [-0.3, -0.25) is 19.1 Å². The van der Waals surface area contributed by atoms with E-state index in [0.29, 0.717) is 60.5 Å². The minimum atomic E-state index is -1.08. The van der Waals surface area contributed by atoms with Crippen molar-refractivity contribution in [3.8, 4) is 17.1 Å². The van der Waals surface area contributed by atoms with Crippen LogP contribution >= 0.6 is 0 Å². The van der Waals surface area contributed by atoms with E-state index >= 15 is 0 Å². The molecular weight excluding hydrogens is 626 g/mol. The summed E-state index contributed by atoms with van der Waals surface area (Å²) in [4.78, 5) is 39.8. The molecule has 14 heteroatoms. The quantitative estimate of drug-likeness (QED) is 0.201. The summed E-state index contributed by atoms with van der Waals surface area (Å²) in [6.07, 6.45) is 8.57. The molecule has 0 amide bonds. The molecule has 0 aromatic carbocycles. The van der Waals surface area contributed by atoms with Crippen LogP contribution in [0.5, 0.6) is 0 Å². The van der Waals surface area contributed by atoms with E-state index in [1.165, 1.54) is 10.1 Å². The fraction of sp³-hybridized carbons (Fsp3) is 0.400. The number of aliphatic hydroxyl groups is 2. The predicted octanol–water partition coefficient (Wildman–Crippen LogP) is 2.22. The minimum Gasteiger partial charge on any atom is -0.392 e. The second-order valence-electron chi connectivity index (χ2n) is 14.2. The molecule has 2 aliphatic heterocycles. The molecule has 254 valence electrons. The van der Waals surface area contributed by atoms with Crippen molar-refractivity contribution >= 4 is 22.7 Å². The van der Waals surface area contributed by atoms with E-state index in [0.717, 1.165) is 30.8 Å². The summed E-state index contributed by atoms with van der Waals surface area (Å²) in [5, 5.41) is 31.7. The van der Waals surface area contributed by atoms with Crippen LogP contribution < -0.4 is 21.3 Å². The average molecular weight is 666 g/mol. The van der Waals surface area contributed by atoms with Crippen molar-refractivity contribution < 1.29 is 14.9 Å². The van der Waals surface area contributed by atoms with Crippen LogP contribution in [-0.2, 0) is 24.2 Å². The van der Waals surface area contributed by atoms with E-state index in [4.69, 9.17) is 4.74 Å². The average Bonchev–Trinajstić information content (AvgIpc) is 3.53. The summed E-state index contributed by atoms with van der Waals surface area (Å²) in [5.41, 5.74) is 3.49. The first-order valence-electron chi connectivity index (χ1n) is 16.5. The Balaban J connectivity index is 1.06. The number of pyridine rings is 2. The van der Waals surface area contributed by atoms with Crippen LogP contribution in [0.25, 0.3) is 22.6 Å². The number of piperazine rings is 1. The van der Waals surface area contributed by atoms with Crippen LogP contribution in [0.3, 0.4) is 0 Å². The highest BCUT2D eigenvalue weighted by Gasteiger charge is 2.40. The Labute approximate surface area is 281 Å². The molecule has 5 aromatic rings. The number of hydrogen-bond acceptors (Lipinski definition) is 11. The first-order chi connectivity index (χ1) is 23.5. The van der Waals surface area contributed by atoms with Gasteiger partial charge in [-0.25, -0.2) is 15.1 Å². The molecule has 1 aliphatic carbocycles. The highest BCUT2D eigenvalue weighted by molar-refractivity contribution is 5.71. The molecule has 8 rings (SSSR count). The topological polar surface area (TPSA) is 166 Å². The van der Waals surface area contributed by atoms with Crippen LogP contribution in [0.1, 0.15) is 37.6 Å². The number of aliphatic hydroxyl groups excluding tert-OH is 1. The summed E-state index contributed by atoms with van der Waals surface area (Å²) in [5.74, 6) is 0.711. The lowest BCUT2D eigenvalue weighted by Gasteiger charge is -2.50. The smallest absolute Gasteiger partial charge is 0.287 e. The zero-order chi connectivity index (χ0) is 34.1. The monoisotopic (exact) mass is 665 g/mol. The third kappa shape index (κ3) is 5.50. The minimum absolute atomic E-state index is 0.154. The van der Waals surface area contributed by atoms with Crippen molar-refractivity contribution in [2.45, 2.75) is 52.0 Å². The fourth-order valence-corrected chi connectivity index (χ4v) is 7.48. The Kier molecular flexibility index (Phi) is 7.44. The number of aromatic amines is 1. The zero-order valence-corrected chi connectivity index (χ0v) is 27.7. The van der Waals surface area contributed by atoms with E-state index in [-0.39, 0.29) is 22.5 Å². The first-order valence-corrected chi connectivity index (χ1v) is 16.5. The first kappa shape index (κ1) is 31.4. The molecule has 7 heterocycles. The van der Waals surface area contributed by atoms with Gasteiger partial charge in [-0.2, -0.15) is 5.10 Å². The second kappa shape index (κ2) is 11.6. The number of hydrogen-bond donors (Lipinski definition) is 4. The number of anilines is 3. The maximum Gasteiger partial charge on any atom is 0.287 e. The molecule has 0 radical (unpaired) electrons. The third-order valence-corrected chi connectivity index (χ3v) is 10.0. The largest absolute Gasteiger partial charge is 0.392 e. The summed E-state index contributed by atoms with van der Waals surface area (Å²) in [6, 6.07) is 9.18. The summed E-state index contributed by atoms with van der Waals surface area (Å²) >= 11 is 0. The van der Waals surface area contributed by atoms with Gasteiger partial charge in [-0.1, -0.05) is 13.8 Å². The van der Waals surface area contributed by atoms with Gasteiger partial charge >= 0.3 is 0 Å². The fourth-order valence-electron chi connectivity index (χ4n) is 7.48. The number of nitrogens with one attached hydrogen (secondary N) is 2. The standard InChI is InChI=1S/C35H39N9O5/c1-34(2)14-21-12-28-33(47)43(10-9-42(28)29(21)15-34)31-25(17-45)24(6-7-36-31)26-13-27(32(46)40-39-26)38-30-5-4-22(16-37-30)44-11-8-41(20-35(44,3)48)23-18-49-19-23/h4-7,9-10,12-13,16,23,45,48H,8,11,14-15,17-20H2,1-3H3,(H,40,46)(H,37,38,39)/t35-/m0/s1. The molecule has 0 saturated carbocycles. The molecule has 5 aromatic heterocycles. The van der Waals surface area contributed by atoms with E-state index in [9.17, 15) is 19.8 Å². The van der Waals surface area contributed by atoms with E-state index < -0.39 is 17.9 Å². The lowest BCUT2D eigenvalue weighted by molar-refractivity contribution is -0.101.